The van der Waals surface area contributed by atoms with E-state index in [0.29, 0.717) is 22.8 Å². The van der Waals surface area contributed by atoms with E-state index < -0.39 is 17.9 Å². The first-order chi connectivity index (χ1) is 17.4. The molecular weight excluding hydrogens is 480 g/mol. The van der Waals surface area contributed by atoms with Crippen LogP contribution in [0.25, 0.3) is 6.08 Å². The number of hydrogen-bond acceptors (Lipinski definition) is 5. The number of carbonyl (C=O) groups excluding carboxylic acids is 3. The fourth-order valence-electron chi connectivity index (χ4n) is 3.98. The van der Waals surface area contributed by atoms with Gasteiger partial charge in [0.2, 0.25) is 0 Å². The lowest BCUT2D eigenvalue weighted by molar-refractivity contribution is -0.116. The second-order valence-electron chi connectivity index (χ2n) is 8.48. The molecule has 2 aromatic carbocycles. The van der Waals surface area contributed by atoms with E-state index in [1.54, 1.807) is 36.5 Å². The third kappa shape index (κ3) is 5.66. The summed E-state index contributed by atoms with van der Waals surface area (Å²) in [5.41, 5.74) is 3.23. The number of imide groups is 1. The highest BCUT2D eigenvalue weighted by atomic mass is 35.5. The molecule has 9 heteroatoms. The maximum Gasteiger partial charge on any atom is 0.337 e. The molecule has 8 nitrogen and oxygen atoms in total. The highest BCUT2D eigenvalue weighted by Crippen LogP contribution is 2.23. The Balaban J connectivity index is 1.66. The molecule has 1 N–H and O–H groups in total. The van der Waals surface area contributed by atoms with Gasteiger partial charge in [-0.2, -0.15) is 0 Å². The second-order valence-corrected chi connectivity index (χ2v) is 8.92. The van der Waals surface area contributed by atoms with Crippen molar-refractivity contribution >= 4 is 35.6 Å². The van der Waals surface area contributed by atoms with Crippen LogP contribution < -0.4 is 5.32 Å². The highest BCUT2D eigenvalue weighted by Gasteiger charge is 2.33. The molecule has 3 amide bonds. The minimum atomic E-state index is -0.475. The summed E-state index contributed by atoms with van der Waals surface area (Å²) in [7, 11) is 1.35. The number of unbranched alkanes of at least 4 members (excludes halogenated alkanes) is 1. The van der Waals surface area contributed by atoms with Gasteiger partial charge in [-0.25, -0.2) is 14.6 Å². The normalized spacial score (nSPS) is 14.4. The van der Waals surface area contributed by atoms with Crippen molar-refractivity contribution in [3.8, 4) is 0 Å². The Kier molecular flexibility index (Phi) is 7.85. The number of hydrogen-bond donors (Lipinski definition) is 1. The zero-order chi connectivity index (χ0) is 25.7. The standard InChI is InChI=1S/C27H27ClN4O4/c1-3-4-5-24-29-15-22(31(24)16-18-6-10-20(11-7-18)26(34)36-2)14-23-25(33)30-27(35)32(23)17-19-8-12-21(28)13-9-19/h6-15H,3-5,16-17H2,1-2H3,(H,30,33,35). The molecule has 0 radical (unpaired) electrons. The molecule has 36 heavy (non-hydrogen) atoms. The van der Waals surface area contributed by atoms with Crippen LogP contribution in [0.15, 0.2) is 60.4 Å². The summed E-state index contributed by atoms with van der Waals surface area (Å²) in [5.74, 6) is 0.0323. The molecule has 0 aliphatic carbocycles. The van der Waals surface area contributed by atoms with E-state index in [1.807, 2.05) is 28.8 Å². The molecule has 0 bridgehead atoms. The van der Waals surface area contributed by atoms with Crippen LogP contribution in [0.4, 0.5) is 4.79 Å². The van der Waals surface area contributed by atoms with Crippen LogP contribution in [0.1, 0.15) is 52.8 Å². The number of aromatic nitrogens is 2. The van der Waals surface area contributed by atoms with Crippen LogP contribution in [-0.2, 0) is 29.0 Å². The summed E-state index contributed by atoms with van der Waals surface area (Å²) in [6, 6.07) is 13.8. The van der Waals surface area contributed by atoms with Gasteiger partial charge < -0.3 is 9.30 Å². The van der Waals surface area contributed by atoms with Gasteiger partial charge in [0.05, 0.1) is 31.1 Å². The van der Waals surface area contributed by atoms with E-state index in [4.69, 9.17) is 16.3 Å². The molecule has 0 atom stereocenters. The summed E-state index contributed by atoms with van der Waals surface area (Å²) >= 11 is 5.98. The molecule has 1 saturated heterocycles. The number of amides is 3. The van der Waals surface area contributed by atoms with Crippen molar-refractivity contribution in [1.82, 2.24) is 19.8 Å². The fourth-order valence-corrected chi connectivity index (χ4v) is 4.11. The number of nitrogens with one attached hydrogen (secondary N) is 1. The Bertz CT molecular complexity index is 1300. The monoisotopic (exact) mass is 506 g/mol. The summed E-state index contributed by atoms with van der Waals surface area (Å²) in [5, 5.41) is 2.98. The van der Waals surface area contributed by atoms with E-state index in [0.717, 1.165) is 36.2 Å². The van der Waals surface area contributed by atoms with Gasteiger partial charge in [0, 0.05) is 18.0 Å². The number of rotatable bonds is 9. The quantitative estimate of drug-likeness (QED) is 0.255. The number of urea groups is 1. The highest BCUT2D eigenvalue weighted by molar-refractivity contribution is 6.30. The van der Waals surface area contributed by atoms with E-state index >= 15 is 0 Å². The Morgan fingerprint density at radius 3 is 2.39 bits per heavy atom. The number of esters is 1. The fraction of sp³-hybridized carbons (Fsp3) is 0.259. The zero-order valence-corrected chi connectivity index (χ0v) is 20.9. The van der Waals surface area contributed by atoms with Gasteiger partial charge in [0.15, 0.2) is 0 Å². The van der Waals surface area contributed by atoms with Crippen molar-refractivity contribution in [2.45, 2.75) is 39.3 Å². The van der Waals surface area contributed by atoms with Crippen molar-refractivity contribution in [3.63, 3.8) is 0 Å². The van der Waals surface area contributed by atoms with Crippen LogP contribution in [0, 0.1) is 0 Å². The topological polar surface area (TPSA) is 93.5 Å². The van der Waals surface area contributed by atoms with Gasteiger partial charge in [0.1, 0.15) is 11.5 Å². The minimum Gasteiger partial charge on any atom is -0.465 e. The van der Waals surface area contributed by atoms with Gasteiger partial charge in [-0.15, -0.1) is 0 Å². The van der Waals surface area contributed by atoms with Crippen molar-refractivity contribution in [1.29, 1.82) is 0 Å². The van der Waals surface area contributed by atoms with Crippen LogP contribution in [0.3, 0.4) is 0 Å². The third-order valence-electron chi connectivity index (χ3n) is 5.97. The Hall–Kier alpha value is -3.91. The molecule has 0 spiro atoms. The molecule has 2 heterocycles. The molecule has 4 rings (SSSR count). The van der Waals surface area contributed by atoms with Crippen LogP contribution in [0.5, 0.6) is 0 Å². The first kappa shape index (κ1) is 25.2. The largest absolute Gasteiger partial charge is 0.465 e. The zero-order valence-electron chi connectivity index (χ0n) is 20.2. The minimum absolute atomic E-state index is 0.229. The maximum absolute atomic E-state index is 12.7. The molecule has 1 fully saturated rings. The van der Waals surface area contributed by atoms with Gasteiger partial charge in [-0.05, 0) is 47.9 Å². The summed E-state index contributed by atoms with van der Waals surface area (Å²) in [6.07, 6.45) is 6.18. The smallest absolute Gasteiger partial charge is 0.337 e. The van der Waals surface area contributed by atoms with E-state index in [9.17, 15) is 14.4 Å². The lowest BCUT2D eigenvalue weighted by Crippen LogP contribution is -2.27. The predicted octanol–water partition coefficient (Wildman–Crippen LogP) is 4.81. The van der Waals surface area contributed by atoms with Gasteiger partial charge in [0.25, 0.3) is 5.91 Å². The number of aryl methyl sites for hydroxylation is 1. The van der Waals surface area contributed by atoms with Crippen molar-refractivity contribution in [2.24, 2.45) is 0 Å². The molecule has 1 aromatic heterocycles. The lowest BCUT2D eigenvalue weighted by atomic mass is 10.1. The first-order valence-corrected chi connectivity index (χ1v) is 12.1. The van der Waals surface area contributed by atoms with E-state index in [2.05, 4.69) is 17.2 Å². The Labute approximate surface area is 214 Å². The number of halogens is 1. The van der Waals surface area contributed by atoms with Crippen LogP contribution in [0.2, 0.25) is 5.02 Å². The van der Waals surface area contributed by atoms with Gasteiger partial charge in [-0.1, -0.05) is 49.2 Å². The second kappa shape index (κ2) is 11.2. The van der Waals surface area contributed by atoms with Crippen molar-refractivity contribution < 1.29 is 19.1 Å². The first-order valence-electron chi connectivity index (χ1n) is 11.7. The molecule has 1 aliphatic rings. The summed E-state index contributed by atoms with van der Waals surface area (Å²) in [6.45, 7) is 2.84. The maximum atomic E-state index is 12.7. The SMILES string of the molecule is CCCCc1ncc(C=C2C(=O)NC(=O)N2Cc2ccc(Cl)cc2)n1Cc1ccc(C(=O)OC)cc1. The Morgan fingerprint density at radius 1 is 1.06 bits per heavy atom. The number of nitrogens with zero attached hydrogens (tertiary/aromatic N) is 3. The van der Waals surface area contributed by atoms with Gasteiger partial charge in [-0.3, -0.25) is 15.0 Å². The lowest BCUT2D eigenvalue weighted by Gasteiger charge is -2.16. The van der Waals surface area contributed by atoms with Crippen LogP contribution in [-0.4, -0.2) is 39.5 Å². The number of carbonyl (C=O) groups is 3. The average Bonchev–Trinajstić information content (AvgIpc) is 3.38. The third-order valence-corrected chi connectivity index (χ3v) is 6.22. The molecule has 186 valence electrons. The van der Waals surface area contributed by atoms with Crippen LogP contribution >= 0.6 is 11.6 Å². The molecule has 3 aromatic rings. The molecular formula is C27H27ClN4O4. The number of methoxy groups -OCH3 is 1. The number of imidazole rings is 1. The van der Waals surface area contributed by atoms with Crippen molar-refractivity contribution in [2.75, 3.05) is 7.11 Å². The number of ether oxygens (including phenoxy) is 1. The predicted molar refractivity (Wildman–Crippen MR) is 136 cm³/mol. The summed E-state index contributed by atoms with van der Waals surface area (Å²) < 4.78 is 6.81. The molecule has 0 unspecified atom stereocenters. The van der Waals surface area contributed by atoms with E-state index in [1.165, 1.54) is 12.0 Å². The van der Waals surface area contributed by atoms with Crippen molar-refractivity contribution in [3.05, 3.63) is 93.7 Å². The molecule has 1 aliphatic heterocycles. The molecule has 0 saturated carbocycles. The average molecular weight is 507 g/mol. The number of benzene rings is 2. The van der Waals surface area contributed by atoms with Gasteiger partial charge >= 0.3 is 12.0 Å². The van der Waals surface area contributed by atoms with E-state index in [-0.39, 0.29) is 12.2 Å². The Morgan fingerprint density at radius 2 is 1.72 bits per heavy atom. The summed E-state index contributed by atoms with van der Waals surface area (Å²) in [4.78, 5) is 43.0.